The van der Waals surface area contributed by atoms with Crippen LogP contribution in [0.25, 0.3) is 0 Å². The van der Waals surface area contributed by atoms with Gasteiger partial charge in [-0.25, -0.2) is 6.42 Å². The van der Waals surface area contributed by atoms with Gasteiger partial charge >= 0.3 is 0 Å². The molecule has 0 spiro atoms. The van der Waals surface area contributed by atoms with Crippen LogP contribution in [0.2, 0.25) is 0 Å². The van der Waals surface area contributed by atoms with Gasteiger partial charge in [0.15, 0.2) is 0 Å². The first-order valence-corrected chi connectivity index (χ1v) is 3.14. The molecule has 1 radical (unpaired) electrons. The van der Waals surface area contributed by atoms with Crippen molar-refractivity contribution in [1.82, 2.24) is 4.90 Å². The Morgan fingerprint density at radius 2 is 2.44 bits per heavy atom. The minimum absolute atomic E-state index is 0. The fourth-order valence-electron chi connectivity index (χ4n) is 1.09. The zero-order chi connectivity index (χ0) is 5.98. The molecule has 1 aliphatic rings. The van der Waals surface area contributed by atoms with Crippen LogP contribution in [-0.4, -0.2) is 25.0 Å². The van der Waals surface area contributed by atoms with E-state index in [0.717, 1.165) is 18.9 Å². The number of hydrogen-bond donors (Lipinski definition) is 0. The van der Waals surface area contributed by atoms with Gasteiger partial charge in [-0.1, -0.05) is 0 Å². The van der Waals surface area contributed by atoms with E-state index in [1.807, 2.05) is 0 Å². The maximum Gasteiger partial charge on any atom is 0 e. The summed E-state index contributed by atoms with van der Waals surface area (Å²) in [5.41, 5.74) is 0. The molecule has 2 heteroatoms. The Morgan fingerprint density at radius 3 is 2.67 bits per heavy atom. The molecule has 0 aromatic rings. The Morgan fingerprint density at radius 1 is 1.78 bits per heavy atom. The van der Waals surface area contributed by atoms with Gasteiger partial charge in [0, 0.05) is 32.7 Å². The van der Waals surface area contributed by atoms with Crippen LogP contribution in [0, 0.1) is 19.3 Å². The largest absolute Gasteiger partial charge is 0.345 e. The third-order valence-electron chi connectivity index (χ3n) is 1.67. The van der Waals surface area contributed by atoms with Crippen LogP contribution in [0.15, 0.2) is 0 Å². The molecule has 51 valence electrons. The second kappa shape index (κ2) is 4.81. The standard InChI is InChI=1S/C7H13N.Y/c1-3-7-4-5-8(2)6-7;/h4,7H,1,3,5-6H2,2H3;/q-2;. The maximum absolute atomic E-state index is 3.84. The minimum Gasteiger partial charge on any atom is -0.345 e. The molecule has 0 aromatic heterocycles. The van der Waals surface area contributed by atoms with Crippen LogP contribution in [0.4, 0.5) is 0 Å². The molecular weight excluding hydrogens is 187 g/mol. The van der Waals surface area contributed by atoms with Crippen molar-refractivity contribution in [2.45, 2.75) is 6.42 Å². The van der Waals surface area contributed by atoms with Gasteiger partial charge in [0.05, 0.1) is 0 Å². The molecule has 0 amide bonds. The molecule has 0 saturated carbocycles. The Labute approximate surface area is 83.1 Å². The van der Waals surface area contributed by atoms with E-state index in [1.54, 1.807) is 0 Å². The predicted octanol–water partition coefficient (Wildman–Crippen LogP) is 0.974. The average Bonchev–Trinajstić information content (AvgIpc) is 2.14. The maximum atomic E-state index is 3.84. The molecule has 0 aromatic carbocycles. The van der Waals surface area contributed by atoms with Crippen molar-refractivity contribution in [2.75, 3.05) is 20.1 Å². The van der Waals surface area contributed by atoms with E-state index in [9.17, 15) is 0 Å². The van der Waals surface area contributed by atoms with Gasteiger partial charge in [-0.2, -0.15) is 5.92 Å². The van der Waals surface area contributed by atoms with E-state index in [4.69, 9.17) is 0 Å². The fraction of sp³-hybridized carbons (Fsp3) is 0.714. The van der Waals surface area contributed by atoms with E-state index in [-0.39, 0.29) is 32.7 Å². The van der Waals surface area contributed by atoms with Crippen molar-refractivity contribution in [1.29, 1.82) is 0 Å². The second-order valence-electron chi connectivity index (χ2n) is 2.51. The summed E-state index contributed by atoms with van der Waals surface area (Å²) in [6, 6.07) is 0. The number of nitrogens with zero attached hydrogens (tertiary/aromatic N) is 1. The predicted molar refractivity (Wildman–Crippen MR) is 35.3 cm³/mol. The smallest absolute Gasteiger partial charge is 0 e. The van der Waals surface area contributed by atoms with Gasteiger partial charge in [-0.3, -0.25) is 0 Å². The SMILES string of the molecule is [CH2-]CC1[CH-]CN(C)C1.[Y]. The molecule has 1 nitrogen and oxygen atoms in total. The van der Waals surface area contributed by atoms with Gasteiger partial charge in [-0.05, 0) is 13.6 Å². The minimum atomic E-state index is 0. The Kier molecular flexibility index (Phi) is 5.38. The zero-order valence-corrected chi connectivity index (χ0v) is 8.85. The van der Waals surface area contributed by atoms with E-state index in [2.05, 4.69) is 25.3 Å². The van der Waals surface area contributed by atoms with Gasteiger partial charge in [0.2, 0.25) is 0 Å². The molecule has 1 fully saturated rings. The average molecular weight is 200 g/mol. The topological polar surface area (TPSA) is 3.24 Å². The molecule has 0 aliphatic carbocycles. The van der Waals surface area contributed by atoms with Gasteiger partial charge in [0.1, 0.15) is 0 Å². The quantitative estimate of drug-likeness (QED) is 0.570. The van der Waals surface area contributed by atoms with E-state index in [1.165, 1.54) is 6.54 Å². The number of hydrogen-bond acceptors (Lipinski definition) is 1. The summed E-state index contributed by atoms with van der Waals surface area (Å²) in [6.45, 7) is 6.21. The summed E-state index contributed by atoms with van der Waals surface area (Å²) >= 11 is 0. The molecule has 1 aliphatic heterocycles. The zero-order valence-electron chi connectivity index (χ0n) is 6.01. The molecule has 0 bridgehead atoms. The normalized spacial score (nSPS) is 28.0. The van der Waals surface area contributed by atoms with Crippen LogP contribution in [0.1, 0.15) is 6.42 Å². The van der Waals surface area contributed by atoms with Crippen molar-refractivity contribution in [3.63, 3.8) is 0 Å². The Bertz CT molecular complexity index is 75.3. The monoisotopic (exact) mass is 200 g/mol. The molecule has 1 unspecified atom stereocenters. The molecule has 9 heavy (non-hydrogen) atoms. The summed E-state index contributed by atoms with van der Waals surface area (Å²) < 4.78 is 0. The first kappa shape index (κ1) is 10.1. The van der Waals surface area contributed by atoms with Crippen LogP contribution in [0.5, 0.6) is 0 Å². The van der Waals surface area contributed by atoms with Crippen molar-refractivity contribution < 1.29 is 32.7 Å². The van der Waals surface area contributed by atoms with E-state index in [0.29, 0.717) is 0 Å². The molecular formula is C7H13NY-2. The van der Waals surface area contributed by atoms with Crippen molar-refractivity contribution in [3.05, 3.63) is 13.3 Å². The number of rotatable bonds is 1. The molecule has 1 heterocycles. The van der Waals surface area contributed by atoms with Crippen LogP contribution < -0.4 is 0 Å². The van der Waals surface area contributed by atoms with Crippen LogP contribution in [0.3, 0.4) is 0 Å². The Balaban J connectivity index is 0.000000640. The van der Waals surface area contributed by atoms with Gasteiger partial charge in [-0.15, -0.1) is 6.54 Å². The third-order valence-corrected chi connectivity index (χ3v) is 1.67. The van der Waals surface area contributed by atoms with Crippen molar-refractivity contribution in [3.8, 4) is 0 Å². The van der Waals surface area contributed by atoms with Gasteiger partial charge < -0.3 is 18.2 Å². The Hall–Kier alpha value is 1.06. The molecule has 1 atom stereocenters. The van der Waals surface area contributed by atoms with Crippen LogP contribution in [-0.2, 0) is 32.7 Å². The first-order chi connectivity index (χ1) is 3.83. The summed E-state index contributed by atoms with van der Waals surface area (Å²) in [5, 5.41) is 0. The second-order valence-corrected chi connectivity index (χ2v) is 2.51. The van der Waals surface area contributed by atoms with E-state index < -0.39 is 0 Å². The molecule has 0 N–H and O–H groups in total. The first-order valence-electron chi connectivity index (χ1n) is 3.14. The molecule has 1 rings (SSSR count). The van der Waals surface area contributed by atoms with Crippen LogP contribution >= 0.6 is 0 Å². The third kappa shape index (κ3) is 3.11. The summed E-state index contributed by atoms with van der Waals surface area (Å²) in [7, 11) is 2.14. The number of likely N-dealkylation sites (tertiary alicyclic amines) is 1. The summed E-state index contributed by atoms with van der Waals surface area (Å²) in [5.74, 6) is 0.764. The van der Waals surface area contributed by atoms with Crippen molar-refractivity contribution >= 4 is 0 Å². The summed E-state index contributed by atoms with van der Waals surface area (Å²) in [4.78, 5) is 2.32. The van der Waals surface area contributed by atoms with Gasteiger partial charge in [0.25, 0.3) is 0 Å². The molecule has 1 saturated heterocycles. The van der Waals surface area contributed by atoms with Crippen molar-refractivity contribution in [2.24, 2.45) is 5.92 Å². The fourth-order valence-corrected chi connectivity index (χ4v) is 1.09. The van der Waals surface area contributed by atoms with E-state index >= 15 is 0 Å². The summed E-state index contributed by atoms with van der Waals surface area (Å²) in [6.07, 6.45) is 3.40.